The second-order valence-corrected chi connectivity index (χ2v) is 14.4. The lowest BCUT2D eigenvalue weighted by Gasteiger charge is -2.37. The molecule has 0 bridgehead atoms. The molecule has 1 aromatic heterocycles. The number of nitrogens with zero attached hydrogens (tertiary/aromatic N) is 2. The van der Waals surface area contributed by atoms with E-state index in [1.807, 2.05) is 20.8 Å². The second-order valence-electron chi connectivity index (χ2n) is 9.59. The molecule has 29 heavy (non-hydrogen) atoms. The summed E-state index contributed by atoms with van der Waals surface area (Å²) in [4.78, 5) is 16.6. The monoisotopic (exact) mass is 426 g/mol. The van der Waals surface area contributed by atoms with Crippen molar-refractivity contribution in [2.45, 2.75) is 90.0 Å². The van der Waals surface area contributed by atoms with Crippen molar-refractivity contribution < 1.29 is 23.4 Å². The molecule has 2 aliphatic rings. The van der Waals surface area contributed by atoms with Gasteiger partial charge in [-0.1, -0.05) is 20.8 Å². The lowest BCUT2D eigenvalue weighted by molar-refractivity contribution is -0.200. The van der Waals surface area contributed by atoms with Gasteiger partial charge >= 0.3 is 5.69 Å². The minimum absolute atomic E-state index is 0.0900. The molecular formula is C20H34N2O6Si. The van der Waals surface area contributed by atoms with E-state index in [0.717, 1.165) is 0 Å². The molecule has 0 aliphatic carbocycles. The van der Waals surface area contributed by atoms with E-state index in [1.165, 1.54) is 4.57 Å². The summed E-state index contributed by atoms with van der Waals surface area (Å²) in [6.07, 6.45) is -0.0769. The van der Waals surface area contributed by atoms with Crippen LogP contribution in [0.25, 0.3) is 0 Å². The van der Waals surface area contributed by atoms with Gasteiger partial charge in [0.2, 0.25) is 5.88 Å². The van der Waals surface area contributed by atoms with Gasteiger partial charge in [-0.05, 0) is 38.9 Å². The number of fused-ring (bicyclic) bond motifs is 1. The first-order valence-electron chi connectivity index (χ1n) is 10.2. The van der Waals surface area contributed by atoms with E-state index in [9.17, 15) is 4.79 Å². The first-order chi connectivity index (χ1) is 13.3. The van der Waals surface area contributed by atoms with Crippen LogP contribution in [0.15, 0.2) is 17.1 Å². The quantitative estimate of drug-likeness (QED) is 0.647. The molecule has 1 aromatic rings. The average Bonchev–Trinajstić information content (AvgIpc) is 3.06. The molecule has 0 amide bonds. The smallest absolute Gasteiger partial charge is 0.353 e. The largest absolute Gasteiger partial charge is 0.478 e. The van der Waals surface area contributed by atoms with Gasteiger partial charge in [0.1, 0.15) is 18.3 Å². The second kappa shape index (κ2) is 7.77. The van der Waals surface area contributed by atoms with Crippen molar-refractivity contribution in [1.29, 1.82) is 0 Å². The third kappa shape index (κ3) is 4.58. The van der Waals surface area contributed by atoms with Crippen LogP contribution in [0.3, 0.4) is 0 Å². The number of ether oxygens (including phenoxy) is 4. The fourth-order valence-corrected chi connectivity index (χ4v) is 4.36. The SMILES string of the molecule is CCOc1ccn([C@@H]2O[C@H](CO[Si](C)(C)C(C)(C)C)[C@H]3OC(C)(C)O[C@H]32)c(=O)n1. The van der Waals surface area contributed by atoms with Crippen LogP contribution in [0, 0.1) is 0 Å². The topological polar surface area (TPSA) is 81.0 Å². The zero-order valence-electron chi connectivity index (χ0n) is 18.7. The van der Waals surface area contributed by atoms with Crippen molar-refractivity contribution in [3.05, 3.63) is 22.7 Å². The molecule has 4 atom stereocenters. The first-order valence-corrected chi connectivity index (χ1v) is 13.1. The van der Waals surface area contributed by atoms with Crippen LogP contribution < -0.4 is 10.4 Å². The highest BCUT2D eigenvalue weighted by Gasteiger charge is 2.56. The van der Waals surface area contributed by atoms with Crippen LogP contribution in [0.5, 0.6) is 5.88 Å². The normalized spacial score (nSPS) is 29.1. The molecule has 2 aliphatic heterocycles. The predicted molar refractivity (Wildman–Crippen MR) is 111 cm³/mol. The van der Waals surface area contributed by atoms with Crippen molar-refractivity contribution >= 4 is 8.32 Å². The van der Waals surface area contributed by atoms with E-state index >= 15 is 0 Å². The highest BCUT2D eigenvalue weighted by Crippen LogP contribution is 2.44. The maximum atomic E-state index is 12.6. The molecule has 8 nitrogen and oxygen atoms in total. The van der Waals surface area contributed by atoms with Gasteiger partial charge in [0, 0.05) is 12.3 Å². The van der Waals surface area contributed by atoms with E-state index in [1.54, 1.807) is 12.3 Å². The molecule has 0 saturated carbocycles. The molecule has 0 aromatic carbocycles. The summed E-state index contributed by atoms with van der Waals surface area (Å²) in [5.74, 6) is -0.459. The van der Waals surface area contributed by atoms with Crippen LogP contribution in [0.2, 0.25) is 18.1 Å². The van der Waals surface area contributed by atoms with Gasteiger partial charge in [0.05, 0.1) is 13.2 Å². The average molecular weight is 427 g/mol. The van der Waals surface area contributed by atoms with Crippen molar-refractivity contribution in [2.75, 3.05) is 13.2 Å². The molecule has 0 unspecified atom stereocenters. The summed E-state index contributed by atoms with van der Waals surface area (Å²) in [6.45, 7) is 17.4. The van der Waals surface area contributed by atoms with Crippen molar-refractivity contribution in [1.82, 2.24) is 9.55 Å². The Morgan fingerprint density at radius 2 is 1.90 bits per heavy atom. The number of aromatic nitrogens is 2. The third-order valence-electron chi connectivity index (χ3n) is 5.91. The van der Waals surface area contributed by atoms with Gasteiger partial charge in [-0.2, -0.15) is 4.98 Å². The van der Waals surface area contributed by atoms with E-state index in [4.69, 9.17) is 23.4 Å². The van der Waals surface area contributed by atoms with Crippen molar-refractivity contribution in [3.8, 4) is 5.88 Å². The fourth-order valence-electron chi connectivity index (χ4n) is 3.34. The Balaban J connectivity index is 1.82. The van der Waals surface area contributed by atoms with E-state index < -0.39 is 32.1 Å². The van der Waals surface area contributed by atoms with Gasteiger partial charge < -0.3 is 23.4 Å². The Hall–Kier alpha value is -1.26. The zero-order chi connectivity index (χ0) is 21.6. The Morgan fingerprint density at radius 1 is 1.24 bits per heavy atom. The summed E-state index contributed by atoms with van der Waals surface area (Å²) in [5, 5.41) is 0.0900. The molecule has 3 rings (SSSR count). The summed E-state index contributed by atoms with van der Waals surface area (Å²) in [5.41, 5.74) is -0.445. The summed E-state index contributed by atoms with van der Waals surface area (Å²) < 4.78 is 31.6. The van der Waals surface area contributed by atoms with Gasteiger partial charge in [-0.3, -0.25) is 4.57 Å². The van der Waals surface area contributed by atoms with Crippen LogP contribution in [0.4, 0.5) is 0 Å². The maximum Gasteiger partial charge on any atom is 0.353 e. The van der Waals surface area contributed by atoms with E-state index in [-0.39, 0.29) is 17.2 Å². The Kier molecular flexibility index (Phi) is 6.01. The minimum Gasteiger partial charge on any atom is -0.478 e. The highest BCUT2D eigenvalue weighted by molar-refractivity contribution is 6.74. The Morgan fingerprint density at radius 3 is 2.48 bits per heavy atom. The summed E-state index contributed by atoms with van der Waals surface area (Å²) in [7, 11) is -1.95. The van der Waals surface area contributed by atoms with Gasteiger partial charge in [0.25, 0.3) is 0 Å². The Bertz CT molecular complexity index is 788. The third-order valence-corrected chi connectivity index (χ3v) is 10.4. The molecule has 9 heteroatoms. The van der Waals surface area contributed by atoms with Gasteiger partial charge in [-0.15, -0.1) is 0 Å². The number of hydrogen-bond acceptors (Lipinski definition) is 7. The molecule has 164 valence electrons. The zero-order valence-corrected chi connectivity index (χ0v) is 19.7. The van der Waals surface area contributed by atoms with Gasteiger partial charge in [-0.25, -0.2) is 4.79 Å². The molecule has 0 spiro atoms. The van der Waals surface area contributed by atoms with Crippen molar-refractivity contribution in [3.63, 3.8) is 0 Å². The van der Waals surface area contributed by atoms with Crippen LogP contribution >= 0.6 is 0 Å². The summed E-state index contributed by atoms with van der Waals surface area (Å²) in [6, 6.07) is 1.66. The lowest BCUT2D eigenvalue weighted by atomic mass is 10.1. The maximum absolute atomic E-state index is 12.6. The molecule has 0 radical (unpaired) electrons. The Labute approximate surface area is 173 Å². The standard InChI is InChI=1S/C20H34N2O6Si/c1-9-24-14-10-11-22(18(23)21-14)17-16-15(27-20(5,6)28-16)13(26-17)12-25-29(7,8)19(2,3)4/h10-11,13,15-17H,9,12H2,1-8H3/t13-,15-,16-,17-/m1/s1. The predicted octanol–water partition coefficient (Wildman–Crippen LogP) is 3.08. The fraction of sp³-hybridized carbons (Fsp3) is 0.800. The minimum atomic E-state index is -1.95. The summed E-state index contributed by atoms with van der Waals surface area (Å²) >= 11 is 0. The molecule has 2 fully saturated rings. The number of hydrogen-bond donors (Lipinski definition) is 0. The molecule has 2 saturated heterocycles. The van der Waals surface area contributed by atoms with Crippen LogP contribution in [0.1, 0.15) is 47.8 Å². The first kappa shape index (κ1) is 22.4. The van der Waals surface area contributed by atoms with Crippen LogP contribution in [-0.4, -0.2) is 55.2 Å². The van der Waals surface area contributed by atoms with Gasteiger partial charge in [0.15, 0.2) is 20.3 Å². The highest BCUT2D eigenvalue weighted by atomic mass is 28.4. The van der Waals surface area contributed by atoms with Crippen LogP contribution in [-0.2, 0) is 18.6 Å². The van der Waals surface area contributed by atoms with E-state index in [2.05, 4.69) is 38.8 Å². The molecule has 3 heterocycles. The molecular weight excluding hydrogens is 392 g/mol. The van der Waals surface area contributed by atoms with E-state index in [0.29, 0.717) is 19.1 Å². The number of rotatable bonds is 6. The van der Waals surface area contributed by atoms with Crippen molar-refractivity contribution in [2.24, 2.45) is 0 Å². The molecule has 0 N–H and O–H groups in total. The lowest BCUT2D eigenvalue weighted by Crippen LogP contribution is -2.44.